The number of nitrogens with zero attached hydrogens (tertiary/aromatic N) is 1. The molecule has 0 bridgehead atoms. The van der Waals surface area contributed by atoms with Gasteiger partial charge in [0.1, 0.15) is 12.3 Å². The lowest BCUT2D eigenvalue weighted by Crippen LogP contribution is -3.11. The molecule has 0 spiro atoms. The van der Waals surface area contributed by atoms with E-state index in [1.807, 2.05) is 63.4 Å². The summed E-state index contributed by atoms with van der Waals surface area (Å²) in [5.41, 5.74) is 4.60. The van der Waals surface area contributed by atoms with Crippen LogP contribution in [-0.2, 0) is 11.3 Å². The van der Waals surface area contributed by atoms with Gasteiger partial charge >= 0.3 is 0 Å². The Balaban J connectivity index is 1.60. The number of methoxy groups -OCH3 is 1. The topological polar surface area (TPSA) is 64.8 Å². The molecule has 0 fully saturated rings. The van der Waals surface area contributed by atoms with Crippen LogP contribution in [0.4, 0.5) is 5.69 Å². The number of likely N-dealkylation sites (N-methyl/N-ethyl adjacent to an activating group) is 1. The molecular formula is C25H30N3O3+. The predicted molar refractivity (Wildman–Crippen MR) is 122 cm³/mol. The Morgan fingerprint density at radius 2 is 1.74 bits per heavy atom. The zero-order valence-corrected chi connectivity index (χ0v) is 18.6. The van der Waals surface area contributed by atoms with E-state index in [9.17, 15) is 9.59 Å². The van der Waals surface area contributed by atoms with Gasteiger partial charge in [0.05, 0.1) is 14.2 Å². The van der Waals surface area contributed by atoms with E-state index in [0.717, 1.165) is 28.4 Å². The van der Waals surface area contributed by atoms with Crippen LogP contribution in [0.1, 0.15) is 27.3 Å². The average Bonchev–Trinajstić information content (AvgIpc) is 3.02. The lowest BCUT2D eigenvalue weighted by atomic mass is 10.1. The van der Waals surface area contributed by atoms with Gasteiger partial charge in [-0.1, -0.05) is 36.4 Å². The van der Waals surface area contributed by atoms with E-state index in [-0.39, 0.29) is 24.8 Å². The third kappa shape index (κ3) is 5.83. The van der Waals surface area contributed by atoms with Crippen molar-refractivity contribution in [3.8, 4) is 5.75 Å². The van der Waals surface area contributed by atoms with Crippen LogP contribution >= 0.6 is 0 Å². The van der Waals surface area contributed by atoms with Crippen molar-refractivity contribution in [3.05, 3.63) is 83.2 Å². The van der Waals surface area contributed by atoms with Crippen LogP contribution in [-0.4, -0.2) is 43.5 Å². The molecule has 3 rings (SSSR count). The van der Waals surface area contributed by atoms with E-state index in [4.69, 9.17) is 4.74 Å². The van der Waals surface area contributed by atoms with Crippen molar-refractivity contribution in [3.63, 3.8) is 0 Å². The number of ether oxygens (including phenoxy) is 1. The molecule has 1 amide bonds. The quantitative estimate of drug-likeness (QED) is 0.523. The first-order valence-corrected chi connectivity index (χ1v) is 10.4. The van der Waals surface area contributed by atoms with Crippen LogP contribution in [0.5, 0.6) is 5.75 Å². The van der Waals surface area contributed by atoms with Gasteiger partial charge in [0.15, 0.2) is 6.54 Å². The lowest BCUT2D eigenvalue weighted by molar-refractivity contribution is -0.861. The second kappa shape index (κ2) is 10.1. The molecule has 0 saturated heterocycles. The summed E-state index contributed by atoms with van der Waals surface area (Å²) in [6, 6.07) is 19.4. The van der Waals surface area contributed by atoms with E-state index in [1.54, 1.807) is 13.2 Å². The van der Waals surface area contributed by atoms with Gasteiger partial charge in [0.2, 0.25) is 5.78 Å². The van der Waals surface area contributed by atoms with E-state index >= 15 is 0 Å². The van der Waals surface area contributed by atoms with Crippen LogP contribution in [0, 0.1) is 13.8 Å². The summed E-state index contributed by atoms with van der Waals surface area (Å²) in [6.07, 6.45) is 0. The molecule has 162 valence electrons. The fourth-order valence-electron chi connectivity index (χ4n) is 3.70. The molecular weight excluding hydrogens is 390 g/mol. The van der Waals surface area contributed by atoms with Crippen molar-refractivity contribution < 1.29 is 19.2 Å². The molecule has 3 aromatic rings. The number of rotatable bonds is 9. The third-order valence-electron chi connectivity index (χ3n) is 5.34. The van der Waals surface area contributed by atoms with Gasteiger partial charge in [-0.3, -0.25) is 9.59 Å². The minimum atomic E-state index is -0.145. The van der Waals surface area contributed by atoms with Crippen LogP contribution in [0.15, 0.2) is 60.7 Å². The van der Waals surface area contributed by atoms with Crippen molar-refractivity contribution in [1.29, 1.82) is 0 Å². The monoisotopic (exact) mass is 420 g/mol. The Morgan fingerprint density at radius 1 is 1.00 bits per heavy atom. The SMILES string of the molecule is COc1cccc(NC(=O)C[NH+](C)CC(=O)c2cc(C)n(Cc3ccccc3)c2C)c1. The maximum Gasteiger partial charge on any atom is 0.279 e. The molecule has 0 aliphatic carbocycles. The first kappa shape index (κ1) is 22.3. The van der Waals surface area contributed by atoms with Crippen LogP contribution in [0.3, 0.4) is 0 Å². The number of aryl methyl sites for hydroxylation is 1. The number of benzene rings is 2. The molecule has 0 saturated carbocycles. The zero-order valence-electron chi connectivity index (χ0n) is 18.6. The van der Waals surface area contributed by atoms with Crippen molar-refractivity contribution in [2.24, 2.45) is 0 Å². The summed E-state index contributed by atoms with van der Waals surface area (Å²) in [7, 11) is 3.44. The lowest BCUT2D eigenvalue weighted by Gasteiger charge is -2.14. The minimum Gasteiger partial charge on any atom is -0.497 e. The van der Waals surface area contributed by atoms with Gasteiger partial charge in [-0.25, -0.2) is 0 Å². The smallest absolute Gasteiger partial charge is 0.279 e. The van der Waals surface area contributed by atoms with E-state index in [0.29, 0.717) is 11.4 Å². The summed E-state index contributed by atoms with van der Waals surface area (Å²) in [5.74, 6) is 0.576. The highest BCUT2D eigenvalue weighted by molar-refractivity contribution is 5.98. The van der Waals surface area contributed by atoms with Gasteiger partial charge in [-0.2, -0.15) is 0 Å². The van der Waals surface area contributed by atoms with E-state index in [1.165, 1.54) is 5.56 Å². The molecule has 0 aliphatic rings. The van der Waals surface area contributed by atoms with Gasteiger partial charge < -0.3 is 19.5 Å². The fourth-order valence-corrected chi connectivity index (χ4v) is 3.70. The first-order chi connectivity index (χ1) is 14.9. The number of hydrogen-bond acceptors (Lipinski definition) is 3. The number of Topliss-reactive ketones (excluding diaryl/α,β-unsaturated/α-hetero) is 1. The summed E-state index contributed by atoms with van der Waals surface area (Å²) in [6.45, 7) is 5.18. The molecule has 2 aromatic carbocycles. The van der Waals surface area contributed by atoms with E-state index in [2.05, 4.69) is 22.0 Å². The predicted octanol–water partition coefficient (Wildman–Crippen LogP) is 2.50. The summed E-state index contributed by atoms with van der Waals surface area (Å²) in [5, 5.41) is 2.86. The molecule has 1 unspecified atom stereocenters. The summed E-state index contributed by atoms with van der Waals surface area (Å²) >= 11 is 0. The molecule has 31 heavy (non-hydrogen) atoms. The molecule has 1 atom stereocenters. The Hall–Kier alpha value is -3.38. The maximum absolute atomic E-state index is 12.9. The third-order valence-corrected chi connectivity index (χ3v) is 5.34. The van der Waals surface area contributed by atoms with Gasteiger partial charge in [0, 0.05) is 35.2 Å². The number of anilines is 1. The van der Waals surface area contributed by atoms with Gasteiger partial charge in [0.25, 0.3) is 5.91 Å². The number of aromatic nitrogens is 1. The normalized spacial score (nSPS) is 11.7. The van der Waals surface area contributed by atoms with Gasteiger partial charge in [-0.15, -0.1) is 0 Å². The standard InChI is InChI=1S/C25H29N3O3/c1-18-13-23(19(2)28(18)15-20-9-6-5-7-10-20)24(29)16-27(3)17-25(30)26-21-11-8-12-22(14-21)31-4/h5-14H,15-17H2,1-4H3,(H,26,30)/p+1. The molecule has 0 aliphatic heterocycles. The second-order valence-corrected chi connectivity index (χ2v) is 7.87. The maximum atomic E-state index is 12.9. The molecule has 2 N–H and O–H groups in total. The highest BCUT2D eigenvalue weighted by atomic mass is 16.5. The first-order valence-electron chi connectivity index (χ1n) is 10.4. The second-order valence-electron chi connectivity index (χ2n) is 7.87. The Morgan fingerprint density at radius 3 is 2.45 bits per heavy atom. The van der Waals surface area contributed by atoms with Crippen LogP contribution in [0.2, 0.25) is 0 Å². The van der Waals surface area contributed by atoms with Crippen molar-refractivity contribution >= 4 is 17.4 Å². The molecule has 6 nitrogen and oxygen atoms in total. The number of amides is 1. The number of ketones is 1. The van der Waals surface area contributed by atoms with Crippen molar-refractivity contribution in [2.45, 2.75) is 20.4 Å². The highest BCUT2D eigenvalue weighted by Crippen LogP contribution is 2.18. The van der Waals surface area contributed by atoms with Gasteiger partial charge in [-0.05, 0) is 37.6 Å². The van der Waals surface area contributed by atoms with Crippen LogP contribution in [0.25, 0.3) is 0 Å². The van der Waals surface area contributed by atoms with Crippen molar-refractivity contribution in [2.75, 3.05) is 32.6 Å². The largest absolute Gasteiger partial charge is 0.497 e. The molecule has 6 heteroatoms. The van der Waals surface area contributed by atoms with Crippen molar-refractivity contribution in [1.82, 2.24) is 4.57 Å². The Bertz CT molecular complexity index is 1060. The average molecular weight is 421 g/mol. The highest BCUT2D eigenvalue weighted by Gasteiger charge is 2.20. The number of hydrogen-bond donors (Lipinski definition) is 2. The number of carbonyl (C=O) groups is 2. The molecule has 1 aromatic heterocycles. The number of quaternary nitrogens is 1. The fraction of sp³-hybridized carbons (Fsp3) is 0.280. The number of carbonyl (C=O) groups excluding carboxylic acids is 2. The minimum absolute atomic E-state index is 0.0408. The Kier molecular flexibility index (Phi) is 7.26. The summed E-state index contributed by atoms with van der Waals surface area (Å²) in [4.78, 5) is 26.1. The number of nitrogens with one attached hydrogen (secondary N) is 2. The Labute approximate surface area is 183 Å². The molecule has 0 radical (unpaired) electrons. The van der Waals surface area contributed by atoms with E-state index < -0.39 is 0 Å². The zero-order chi connectivity index (χ0) is 22.4. The van der Waals surface area contributed by atoms with Crippen LogP contribution < -0.4 is 15.0 Å². The summed E-state index contributed by atoms with van der Waals surface area (Å²) < 4.78 is 7.34. The molecule has 1 heterocycles.